The maximum absolute atomic E-state index is 2.48. The third kappa shape index (κ3) is 5.62. The molecule has 68 heavy (non-hydrogen) atoms. The third-order valence-electron chi connectivity index (χ3n) is 15.7. The van der Waals surface area contributed by atoms with Gasteiger partial charge < -0.3 is 4.90 Å². The van der Waals surface area contributed by atoms with Gasteiger partial charge in [0, 0.05) is 48.1 Å². The molecule has 322 valence electrons. The summed E-state index contributed by atoms with van der Waals surface area (Å²) < 4.78 is 2.66. The van der Waals surface area contributed by atoms with Gasteiger partial charge in [-0.3, -0.25) is 0 Å². The van der Waals surface area contributed by atoms with Crippen molar-refractivity contribution in [1.29, 1.82) is 0 Å². The van der Waals surface area contributed by atoms with Crippen molar-refractivity contribution in [2.45, 2.75) is 38.5 Å². The van der Waals surface area contributed by atoms with Crippen LogP contribution in [0.2, 0.25) is 0 Å². The van der Waals surface area contributed by atoms with E-state index in [1.165, 1.54) is 119 Å². The number of nitrogens with zero attached hydrogens (tertiary/aromatic N) is 1. The summed E-state index contributed by atoms with van der Waals surface area (Å²) in [6.07, 6.45) is 0. The molecule has 0 radical (unpaired) electrons. The molecule has 0 saturated heterocycles. The van der Waals surface area contributed by atoms with E-state index in [1.54, 1.807) is 0 Å². The lowest BCUT2D eigenvalue weighted by molar-refractivity contribution is 0.660. The van der Waals surface area contributed by atoms with Crippen LogP contribution in [-0.4, -0.2) is 0 Å². The quantitative estimate of drug-likeness (QED) is 0.156. The number of anilines is 3. The van der Waals surface area contributed by atoms with Crippen molar-refractivity contribution < 1.29 is 0 Å². The van der Waals surface area contributed by atoms with E-state index >= 15 is 0 Å². The Hall–Kier alpha value is -7.78. The maximum Gasteiger partial charge on any atom is 0.0465 e. The molecule has 0 bridgehead atoms. The zero-order chi connectivity index (χ0) is 45.5. The smallest absolute Gasteiger partial charge is 0.0465 e. The maximum atomic E-state index is 2.48. The molecule has 2 aliphatic carbocycles. The van der Waals surface area contributed by atoms with Crippen LogP contribution in [0.4, 0.5) is 17.1 Å². The highest BCUT2D eigenvalue weighted by Crippen LogP contribution is 2.53. The Kier molecular flexibility index (Phi) is 8.32. The number of hydrogen-bond acceptors (Lipinski definition) is 2. The lowest BCUT2D eigenvalue weighted by Crippen LogP contribution is -2.18. The van der Waals surface area contributed by atoms with Gasteiger partial charge in [0.2, 0.25) is 0 Å². The predicted octanol–water partition coefficient (Wildman–Crippen LogP) is 18.9. The van der Waals surface area contributed by atoms with E-state index in [1.807, 2.05) is 11.3 Å². The lowest BCUT2D eigenvalue weighted by atomic mass is 9.82. The fraction of sp³-hybridized carbons (Fsp3) is 0.0909. The number of thiophene rings is 1. The van der Waals surface area contributed by atoms with E-state index in [9.17, 15) is 0 Å². The molecule has 0 spiro atoms. The summed E-state index contributed by atoms with van der Waals surface area (Å²) in [4.78, 5) is 2.48. The van der Waals surface area contributed by atoms with Crippen molar-refractivity contribution in [2.24, 2.45) is 0 Å². The van der Waals surface area contributed by atoms with Crippen molar-refractivity contribution in [3.05, 3.63) is 235 Å². The van der Waals surface area contributed by atoms with Gasteiger partial charge in [0.05, 0.1) is 0 Å². The van der Waals surface area contributed by atoms with Gasteiger partial charge in [0.25, 0.3) is 0 Å². The summed E-state index contributed by atoms with van der Waals surface area (Å²) in [6, 6.07) is 80.2. The minimum absolute atomic E-state index is 0.117. The third-order valence-corrected chi connectivity index (χ3v) is 16.8. The van der Waals surface area contributed by atoms with E-state index in [4.69, 9.17) is 0 Å². The monoisotopic (exact) mass is 885 g/mol. The second-order valence-corrected chi connectivity index (χ2v) is 21.1. The predicted molar refractivity (Wildman–Crippen MR) is 293 cm³/mol. The van der Waals surface area contributed by atoms with Gasteiger partial charge in [0.1, 0.15) is 0 Å². The van der Waals surface area contributed by atoms with Crippen LogP contribution < -0.4 is 4.90 Å². The van der Waals surface area contributed by atoms with Gasteiger partial charge in [0.15, 0.2) is 0 Å². The van der Waals surface area contributed by atoms with E-state index in [2.05, 4.69) is 245 Å². The first kappa shape index (κ1) is 39.4. The van der Waals surface area contributed by atoms with E-state index < -0.39 is 0 Å². The molecule has 14 rings (SSSR count). The molecule has 1 heterocycles. The number of fused-ring (bicyclic) bond motifs is 14. The standard InChI is InChI=1S/C66H47NS/c1-65(2)59-22-12-9-19-49(59)51-32-30-43(36-61(51)65)67(44-31-33-52-50-20-10-13-23-60(50)66(3,4)62(52)37-44)42-28-25-40(26-29-42)54-38-56-48-18-8-6-16-46(48)55(39-57(56)47-17-7-5-15-45(47)54)41-27-34-64-58(35-41)53-21-11-14-24-63(53)68-64/h5-39H,1-4H3. The molecule has 0 saturated carbocycles. The summed E-state index contributed by atoms with van der Waals surface area (Å²) in [5.41, 5.74) is 19.0. The van der Waals surface area contributed by atoms with Crippen molar-refractivity contribution >= 4 is 80.9 Å². The van der Waals surface area contributed by atoms with E-state index in [0.717, 1.165) is 17.1 Å². The van der Waals surface area contributed by atoms with Gasteiger partial charge in [-0.1, -0.05) is 173 Å². The second kappa shape index (κ2) is 14.4. The average molecular weight is 886 g/mol. The molecule has 1 aromatic heterocycles. The van der Waals surface area contributed by atoms with Crippen LogP contribution in [0.5, 0.6) is 0 Å². The zero-order valence-corrected chi connectivity index (χ0v) is 39.4. The molecule has 0 N–H and O–H groups in total. The molecule has 2 heteroatoms. The van der Waals surface area contributed by atoms with Gasteiger partial charge >= 0.3 is 0 Å². The number of hydrogen-bond donors (Lipinski definition) is 0. The number of benzene rings is 11. The van der Waals surface area contributed by atoms with E-state index in [0.29, 0.717) is 0 Å². The first-order valence-corrected chi connectivity index (χ1v) is 24.7. The zero-order valence-electron chi connectivity index (χ0n) is 38.6. The Morgan fingerprint density at radius 1 is 0.279 bits per heavy atom. The van der Waals surface area contributed by atoms with Crippen LogP contribution in [0.1, 0.15) is 49.9 Å². The summed E-state index contributed by atoms with van der Waals surface area (Å²) in [5, 5.41) is 10.3. The largest absolute Gasteiger partial charge is 0.310 e. The van der Waals surface area contributed by atoms with Gasteiger partial charge in [-0.2, -0.15) is 0 Å². The number of rotatable bonds is 5. The molecule has 12 aromatic rings. The Bertz CT molecular complexity index is 3980. The molecule has 2 aliphatic rings. The minimum atomic E-state index is -0.117. The summed E-state index contributed by atoms with van der Waals surface area (Å²) >= 11 is 1.87. The van der Waals surface area contributed by atoms with Crippen molar-refractivity contribution in [3.63, 3.8) is 0 Å². The minimum Gasteiger partial charge on any atom is -0.310 e. The molecular formula is C66H47NS. The Labute approximate surface area is 401 Å². The van der Waals surface area contributed by atoms with Crippen molar-refractivity contribution in [3.8, 4) is 44.5 Å². The fourth-order valence-electron chi connectivity index (χ4n) is 12.2. The van der Waals surface area contributed by atoms with Crippen LogP contribution in [0, 0.1) is 0 Å². The molecule has 1 nitrogen and oxygen atoms in total. The molecule has 0 atom stereocenters. The van der Waals surface area contributed by atoms with Crippen LogP contribution >= 0.6 is 11.3 Å². The molecule has 0 fully saturated rings. The molecule has 0 aliphatic heterocycles. The summed E-state index contributed by atoms with van der Waals surface area (Å²) in [5.74, 6) is 0. The van der Waals surface area contributed by atoms with Gasteiger partial charge in [-0.15, -0.1) is 11.3 Å². The first-order chi connectivity index (χ1) is 33.2. The summed E-state index contributed by atoms with van der Waals surface area (Å²) in [7, 11) is 0. The molecule has 0 unspecified atom stereocenters. The highest BCUT2D eigenvalue weighted by molar-refractivity contribution is 7.25. The van der Waals surface area contributed by atoms with Crippen LogP contribution in [0.25, 0.3) is 97.0 Å². The fourth-order valence-corrected chi connectivity index (χ4v) is 13.3. The van der Waals surface area contributed by atoms with Crippen molar-refractivity contribution in [1.82, 2.24) is 0 Å². The lowest BCUT2D eigenvalue weighted by Gasteiger charge is -2.30. The Morgan fingerprint density at radius 2 is 0.706 bits per heavy atom. The second-order valence-electron chi connectivity index (χ2n) is 20.0. The van der Waals surface area contributed by atoms with Crippen LogP contribution in [0.15, 0.2) is 212 Å². The molecule has 11 aromatic carbocycles. The topological polar surface area (TPSA) is 3.24 Å². The van der Waals surface area contributed by atoms with Gasteiger partial charge in [-0.25, -0.2) is 0 Å². The highest BCUT2D eigenvalue weighted by Gasteiger charge is 2.38. The van der Waals surface area contributed by atoms with Crippen LogP contribution in [0.3, 0.4) is 0 Å². The van der Waals surface area contributed by atoms with E-state index in [-0.39, 0.29) is 10.8 Å². The highest BCUT2D eigenvalue weighted by atomic mass is 32.1. The molecular weight excluding hydrogens is 839 g/mol. The van der Waals surface area contributed by atoms with Crippen molar-refractivity contribution in [2.75, 3.05) is 4.90 Å². The normalized spacial score (nSPS) is 14.1. The average Bonchev–Trinajstić information content (AvgIpc) is 3.95. The van der Waals surface area contributed by atoms with Gasteiger partial charge in [-0.05, 0) is 166 Å². The van der Waals surface area contributed by atoms with Crippen LogP contribution in [-0.2, 0) is 10.8 Å². The summed E-state index contributed by atoms with van der Waals surface area (Å²) in [6.45, 7) is 9.50. The molecule has 0 amide bonds. The first-order valence-electron chi connectivity index (χ1n) is 23.9. The Balaban J connectivity index is 0.925. The Morgan fingerprint density at radius 3 is 1.28 bits per heavy atom. The SMILES string of the molecule is CC1(C)c2ccccc2-c2ccc(N(c3ccc(-c4cc5c6ccccc6c(-c6ccc7sc8ccccc8c7c6)cc5c5ccccc45)cc3)c3ccc4c(c3)C(C)(C)c3ccccc3-4)cc21.